The highest BCUT2D eigenvalue weighted by atomic mass is 35.7. The van der Waals surface area contributed by atoms with E-state index in [-0.39, 0.29) is 12.4 Å². The molecule has 0 aliphatic rings. The van der Waals surface area contributed by atoms with Crippen LogP contribution in [0.4, 0.5) is 0 Å². The monoisotopic (exact) mass is 288 g/mol. The van der Waals surface area contributed by atoms with E-state index in [0.29, 0.717) is 0 Å². The Morgan fingerprint density at radius 1 is 0.625 bits per heavy atom. The third kappa shape index (κ3) is 2.80. The Morgan fingerprint density at radius 3 is 1.25 bits per heavy atom. The molecule has 0 saturated heterocycles. The Kier molecular flexibility index (Phi) is 4.87. The van der Waals surface area contributed by atoms with Gasteiger partial charge in [0, 0.05) is 0 Å². The van der Waals surface area contributed by atoms with Gasteiger partial charge in [0.15, 0.2) is 0 Å². The van der Waals surface area contributed by atoms with Crippen molar-refractivity contribution in [1.29, 1.82) is 0 Å². The van der Waals surface area contributed by atoms with E-state index in [1.54, 1.807) is 0 Å². The van der Waals surface area contributed by atoms with Crippen molar-refractivity contribution in [2.24, 2.45) is 0 Å². The smallest absolute Gasteiger partial charge is 0.147 e. The van der Waals surface area contributed by atoms with E-state index >= 15 is 0 Å². The first kappa shape index (κ1) is 13.6. The molecule has 0 aliphatic carbocycles. The van der Waals surface area contributed by atoms with Gasteiger partial charge in [-0.3, -0.25) is 0 Å². The molecule has 0 fully saturated rings. The maximum atomic E-state index is 6.49. The highest BCUT2D eigenvalue weighted by Crippen LogP contribution is 2.14. The molecule has 2 aromatic rings. The largest absolute Gasteiger partial charge is 0.310 e. The van der Waals surface area contributed by atoms with E-state index in [4.69, 9.17) is 22.2 Å². The maximum Gasteiger partial charge on any atom is 0.310 e. The summed E-state index contributed by atoms with van der Waals surface area (Å²) in [6.45, 7) is -2.51. The Bertz CT molecular complexity index is 387. The summed E-state index contributed by atoms with van der Waals surface area (Å²) in [7, 11) is 0. The van der Waals surface area contributed by atoms with Gasteiger partial charge >= 0.3 is 6.69 Å². The van der Waals surface area contributed by atoms with Gasteiger partial charge in [-0.1, -0.05) is 60.7 Å². The van der Waals surface area contributed by atoms with Crippen molar-refractivity contribution in [3.63, 3.8) is 0 Å². The number of hydrogen-bond donors (Lipinski definition) is 0. The lowest BCUT2D eigenvalue weighted by molar-refractivity contribution is 1.74. The predicted octanol–water partition coefficient (Wildman–Crippen LogP) is 3.14. The lowest BCUT2D eigenvalue weighted by Gasteiger charge is -2.17. The van der Waals surface area contributed by atoms with Gasteiger partial charge in [0.1, 0.15) is 0 Å². The van der Waals surface area contributed by atoms with Gasteiger partial charge < -0.3 is 0 Å². The van der Waals surface area contributed by atoms with Crippen LogP contribution in [0.1, 0.15) is 0 Å². The van der Waals surface area contributed by atoms with Crippen molar-refractivity contribution in [2.45, 2.75) is 0 Å². The fraction of sp³-hybridized carbons (Fsp3) is 0. The molecule has 4 heteroatoms. The summed E-state index contributed by atoms with van der Waals surface area (Å²) in [6.07, 6.45) is 0. The lowest BCUT2D eigenvalue weighted by Crippen LogP contribution is -2.48. The zero-order chi connectivity index (χ0) is 10.7. The minimum Gasteiger partial charge on any atom is -0.147 e. The molecule has 0 aliphatic heterocycles. The Labute approximate surface area is 112 Å². The maximum absolute atomic E-state index is 6.49. The molecule has 84 valence electrons. The zero-order valence-electron chi connectivity index (χ0n) is 8.44. The molecule has 2 aromatic carbocycles. The first-order chi connectivity index (χ1) is 7.21. The summed E-state index contributed by atoms with van der Waals surface area (Å²) in [5.41, 5.74) is 0. The molecule has 0 nitrogen and oxygen atoms in total. The quantitative estimate of drug-likeness (QED) is 0.588. The van der Waals surface area contributed by atoms with Crippen LogP contribution >= 0.6 is 34.6 Å². The van der Waals surface area contributed by atoms with E-state index in [2.05, 4.69) is 0 Å². The first-order valence-electron chi connectivity index (χ1n) is 4.70. The Balaban J connectivity index is 0.00000128. The molecular formula is C12H11Cl3Si. The van der Waals surface area contributed by atoms with Gasteiger partial charge in [0.2, 0.25) is 0 Å². The van der Waals surface area contributed by atoms with Crippen LogP contribution in [0.3, 0.4) is 0 Å². The molecule has 2 rings (SSSR count). The molecule has 0 spiro atoms. The summed E-state index contributed by atoms with van der Waals surface area (Å²) in [6, 6.07) is 19.7. The minimum absolute atomic E-state index is 0. The molecular weight excluding hydrogens is 279 g/mol. The van der Waals surface area contributed by atoms with Gasteiger partial charge in [-0.15, -0.1) is 34.6 Å². The van der Waals surface area contributed by atoms with Gasteiger partial charge in [0.25, 0.3) is 0 Å². The van der Waals surface area contributed by atoms with Gasteiger partial charge in [-0.2, -0.15) is 0 Å². The number of benzene rings is 2. The molecule has 0 N–H and O–H groups in total. The second-order valence-corrected chi connectivity index (χ2v) is 9.59. The van der Waals surface area contributed by atoms with E-state index < -0.39 is 6.69 Å². The molecule has 0 saturated carbocycles. The second kappa shape index (κ2) is 5.74. The summed E-state index contributed by atoms with van der Waals surface area (Å²) in [5.74, 6) is 0. The van der Waals surface area contributed by atoms with E-state index in [0.717, 1.165) is 10.4 Å². The molecule has 16 heavy (non-hydrogen) atoms. The topological polar surface area (TPSA) is 0 Å². The molecule has 0 bridgehead atoms. The minimum atomic E-state index is -2.51. The van der Waals surface area contributed by atoms with Crippen molar-refractivity contribution in [2.75, 3.05) is 0 Å². The SMILES string of the molecule is Cl.Cl[Si](Cl)(c1ccccc1)c1ccccc1. The summed E-state index contributed by atoms with van der Waals surface area (Å²) in [5, 5.41) is 2.05. The van der Waals surface area contributed by atoms with Crippen LogP contribution in [0.15, 0.2) is 60.7 Å². The van der Waals surface area contributed by atoms with Gasteiger partial charge in [0.05, 0.1) is 0 Å². The Hall–Kier alpha value is -0.473. The lowest BCUT2D eigenvalue weighted by atomic mass is 10.4. The summed E-state index contributed by atoms with van der Waals surface area (Å²) >= 11 is 13.0. The molecule has 0 radical (unpaired) electrons. The van der Waals surface area contributed by atoms with Crippen LogP contribution in [0.25, 0.3) is 0 Å². The van der Waals surface area contributed by atoms with Crippen molar-refractivity contribution in [3.8, 4) is 0 Å². The van der Waals surface area contributed by atoms with E-state index in [1.807, 2.05) is 60.7 Å². The van der Waals surface area contributed by atoms with Gasteiger partial charge in [-0.05, 0) is 10.4 Å². The Morgan fingerprint density at radius 2 is 0.938 bits per heavy atom. The number of rotatable bonds is 2. The average Bonchev–Trinajstić information content (AvgIpc) is 2.31. The van der Waals surface area contributed by atoms with Crippen LogP contribution < -0.4 is 10.4 Å². The van der Waals surface area contributed by atoms with Crippen molar-refractivity contribution in [3.05, 3.63) is 60.7 Å². The van der Waals surface area contributed by atoms with Crippen molar-refractivity contribution >= 4 is 51.6 Å². The standard InChI is InChI=1S/C12H10Cl2Si.ClH/c13-15(14,11-7-3-1-4-8-11)12-9-5-2-6-10-12;/h1-10H;1H. The zero-order valence-corrected chi connectivity index (χ0v) is 11.8. The normalized spacial score (nSPS) is 10.6. The average molecular weight is 290 g/mol. The summed E-state index contributed by atoms with van der Waals surface area (Å²) in [4.78, 5) is 0. The predicted molar refractivity (Wildman–Crippen MR) is 76.9 cm³/mol. The number of hydrogen-bond acceptors (Lipinski definition) is 0. The second-order valence-electron chi connectivity index (χ2n) is 3.31. The fourth-order valence-electron chi connectivity index (χ4n) is 1.46. The van der Waals surface area contributed by atoms with Crippen LogP contribution in [0, 0.1) is 0 Å². The van der Waals surface area contributed by atoms with E-state index in [9.17, 15) is 0 Å². The molecule has 0 heterocycles. The molecule has 0 aromatic heterocycles. The fourth-order valence-corrected chi connectivity index (χ4v) is 4.53. The highest BCUT2D eigenvalue weighted by molar-refractivity contribution is 7.56. The molecule has 0 unspecified atom stereocenters. The van der Waals surface area contributed by atoms with Crippen molar-refractivity contribution in [1.82, 2.24) is 0 Å². The van der Waals surface area contributed by atoms with Crippen LogP contribution in [0.5, 0.6) is 0 Å². The first-order valence-corrected chi connectivity index (χ1v) is 8.72. The highest BCUT2D eigenvalue weighted by Gasteiger charge is 2.32. The molecule has 0 amide bonds. The van der Waals surface area contributed by atoms with Crippen LogP contribution in [-0.2, 0) is 0 Å². The van der Waals surface area contributed by atoms with Crippen molar-refractivity contribution < 1.29 is 0 Å². The van der Waals surface area contributed by atoms with Crippen LogP contribution in [-0.4, -0.2) is 6.69 Å². The van der Waals surface area contributed by atoms with E-state index in [1.165, 1.54) is 0 Å². The number of halogens is 3. The van der Waals surface area contributed by atoms with Gasteiger partial charge in [-0.25, -0.2) is 0 Å². The summed E-state index contributed by atoms with van der Waals surface area (Å²) < 4.78 is 0. The van der Waals surface area contributed by atoms with Crippen LogP contribution in [0.2, 0.25) is 0 Å². The third-order valence-corrected chi connectivity index (χ3v) is 7.01. The molecule has 0 atom stereocenters. The third-order valence-electron chi connectivity index (χ3n) is 2.27.